The van der Waals surface area contributed by atoms with Gasteiger partial charge in [-0.1, -0.05) is 24.3 Å². The Morgan fingerprint density at radius 3 is 2.00 bits per heavy atom. The Balaban J connectivity index is 2.85. The Hall–Kier alpha value is -1.55. The van der Waals surface area contributed by atoms with E-state index < -0.39 is 14.6 Å². The third-order valence-electron chi connectivity index (χ3n) is 3.44. The Kier molecular flexibility index (Phi) is 3.54. The topological polar surface area (TPSA) is 37.4 Å². The number of anilines is 1. The summed E-state index contributed by atoms with van der Waals surface area (Å²) in [7, 11) is 0.552. The molecule has 2 rings (SSSR count). The van der Waals surface area contributed by atoms with Gasteiger partial charge in [0.15, 0.2) is 9.84 Å². The Morgan fingerprint density at radius 1 is 0.900 bits per heavy atom. The minimum absolute atomic E-state index is 0.409. The van der Waals surface area contributed by atoms with E-state index in [1.54, 1.807) is 26.8 Å². The van der Waals surface area contributed by atoms with Gasteiger partial charge in [-0.25, -0.2) is 8.42 Å². The summed E-state index contributed by atoms with van der Waals surface area (Å²) in [6.45, 7) is 5.20. The number of rotatable bonds is 2. The molecule has 2 aromatic carbocycles. The molecule has 0 aliphatic carbocycles. The molecule has 3 nitrogen and oxygen atoms in total. The maximum Gasteiger partial charge on any atom is 0.183 e. The summed E-state index contributed by atoms with van der Waals surface area (Å²) in [5.41, 5.74) is 1.02. The number of fused-ring (bicyclic) bond motifs is 1. The van der Waals surface area contributed by atoms with E-state index in [1.807, 2.05) is 49.3 Å². The molecule has 0 heterocycles. The predicted molar refractivity (Wildman–Crippen MR) is 85.2 cm³/mol. The van der Waals surface area contributed by atoms with Crippen LogP contribution in [0.15, 0.2) is 41.3 Å². The second-order valence-electron chi connectivity index (χ2n) is 6.14. The first-order chi connectivity index (χ1) is 9.16. The first kappa shape index (κ1) is 14.9. The van der Waals surface area contributed by atoms with Crippen LogP contribution in [0.3, 0.4) is 0 Å². The van der Waals surface area contributed by atoms with E-state index in [2.05, 4.69) is 0 Å². The minimum Gasteiger partial charge on any atom is -0.377 e. The third-order valence-corrected chi connectivity index (χ3v) is 5.98. The summed E-state index contributed by atoms with van der Waals surface area (Å²) >= 11 is 0. The fraction of sp³-hybridized carbons (Fsp3) is 0.375. The van der Waals surface area contributed by atoms with E-state index in [0.717, 1.165) is 16.5 Å². The number of hydrogen-bond donors (Lipinski definition) is 0. The zero-order chi connectivity index (χ0) is 15.1. The van der Waals surface area contributed by atoms with Gasteiger partial charge in [-0.15, -0.1) is 0 Å². The second-order valence-corrected chi connectivity index (χ2v) is 8.81. The molecular formula is C16H21NO2S. The third kappa shape index (κ3) is 2.29. The van der Waals surface area contributed by atoms with Crippen molar-refractivity contribution in [3.63, 3.8) is 0 Å². The average Bonchev–Trinajstić information content (AvgIpc) is 2.35. The standard InChI is InChI=1S/C16H21NO2S/c1-16(2,3)20(18,19)15-11-7-8-12-13(15)9-6-10-14(12)17(4)5/h6-11H,1-5H3. The van der Waals surface area contributed by atoms with Crippen molar-refractivity contribution >= 4 is 26.3 Å². The molecule has 0 aliphatic heterocycles. The highest BCUT2D eigenvalue weighted by atomic mass is 32.2. The first-order valence-electron chi connectivity index (χ1n) is 6.60. The summed E-state index contributed by atoms with van der Waals surface area (Å²) in [5, 5.41) is 1.75. The summed E-state index contributed by atoms with van der Waals surface area (Å²) < 4.78 is 24.7. The number of hydrogen-bond acceptors (Lipinski definition) is 3. The van der Waals surface area contributed by atoms with Gasteiger partial charge in [0.25, 0.3) is 0 Å². The minimum atomic E-state index is -3.36. The van der Waals surface area contributed by atoms with Gasteiger partial charge in [0.05, 0.1) is 9.64 Å². The fourth-order valence-electron chi connectivity index (χ4n) is 2.22. The summed E-state index contributed by atoms with van der Waals surface area (Å²) in [5.74, 6) is 0. The van der Waals surface area contributed by atoms with Gasteiger partial charge in [0.2, 0.25) is 0 Å². The maximum atomic E-state index is 12.7. The van der Waals surface area contributed by atoms with Crippen molar-refractivity contribution in [2.45, 2.75) is 30.4 Å². The van der Waals surface area contributed by atoms with Crippen LogP contribution >= 0.6 is 0 Å². The van der Waals surface area contributed by atoms with Crippen LogP contribution in [0, 0.1) is 0 Å². The lowest BCUT2D eigenvalue weighted by atomic mass is 10.1. The van der Waals surface area contributed by atoms with Crippen LogP contribution in [-0.2, 0) is 9.84 Å². The number of nitrogens with zero attached hydrogens (tertiary/aromatic N) is 1. The highest BCUT2D eigenvalue weighted by molar-refractivity contribution is 7.93. The summed E-state index contributed by atoms with van der Waals surface area (Å²) in [4.78, 5) is 2.40. The van der Waals surface area contributed by atoms with Crippen LogP contribution < -0.4 is 4.90 Å². The van der Waals surface area contributed by atoms with Crippen molar-refractivity contribution in [2.24, 2.45) is 0 Å². The van der Waals surface area contributed by atoms with Crippen molar-refractivity contribution in [1.29, 1.82) is 0 Å². The Morgan fingerprint density at radius 2 is 1.45 bits per heavy atom. The second kappa shape index (κ2) is 4.77. The largest absolute Gasteiger partial charge is 0.377 e. The van der Waals surface area contributed by atoms with E-state index in [0.29, 0.717) is 4.90 Å². The SMILES string of the molecule is CN(C)c1cccc2c(S(=O)(=O)C(C)(C)C)cccc12. The predicted octanol–water partition coefficient (Wildman–Crippen LogP) is 3.48. The molecule has 0 amide bonds. The molecular weight excluding hydrogens is 270 g/mol. The first-order valence-corrected chi connectivity index (χ1v) is 8.08. The lowest BCUT2D eigenvalue weighted by Gasteiger charge is -2.22. The number of benzene rings is 2. The highest BCUT2D eigenvalue weighted by Crippen LogP contribution is 2.34. The van der Waals surface area contributed by atoms with E-state index in [9.17, 15) is 8.42 Å². The maximum absolute atomic E-state index is 12.7. The van der Waals surface area contributed by atoms with Gasteiger partial charge in [-0.05, 0) is 32.9 Å². The van der Waals surface area contributed by atoms with Gasteiger partial charge >= 0.3 is 0 Å². The van der Waals surface area contributed by atoms with Crippen molar-refractivity contribution in [3.8, 4) is 0 Å². The van der Waals surface area contributed by atoms with Gasteiger partial charge in [0.1, 0.15) is 0 Å². The van der Waals surface area contributed by atoms with Crippen LogP contribution in [0.5, 0.6) is 0 Å². The Bertz CT molecular complexity index is 741. The molecule has 0 unspecified atom stereocenters. The molecule has 0 aromatic heterocycles. The molecule has 0 saturated carbocycles. The van der Waals surface area contributed by atoms with E-state index in [1.165, 1.54) is 0 Å². The number of sulfone groups is 1. The fourth-order valence-corrected chi connectivity index (χ4v) is 3.60. The molecule has 0 spiro atoms. The van der Waals surface area contributed by atoms with Crippen LogP contribution in [0.1, 0.15) is 20.8 Å². The van der Waals surface area contributed by atoms with Crippen LogP contribution in [-0.4, -0.2) is 27.3 Å². The monoisotopic (exact) mass is 291 g/mol. The van der Waals surface area contributed by atoms with Crippen LogP contribution in [0.4, 0.5) is 5.69 Å². The van der Waals surface area contributed by atoms with Crippen molar-refractivity contribution < 1.29 is 8.42 Å². The molecule has 0 fully saturated rings. The smallest absolute Gasteiger partial charge is 0.183 e. The zero-order valence-corrected chi connectivity index (χ0v) is 13.5. The van der Waals surface area contributed by atoms with Gasteiger partial charge in [0, 0.05) is 30.6 Å². The van der Waals surface area contributed by atoms with Gasteiger partial charge < -0.3 is 4.90 Å². The van der Waals surface area contributed by atoms with Crippen molar-refractivity contribution in [2.75, 3.05) is 19.0 Å². The molecule has 0 atom stereocenters. The van der Waals surface area contributed by atoms with Crippen molar-refractivity contribution in [3.05, 3.63) is 36.4 Å². The molecule has 0 N–H and O–H groups in total. The normalized spacial score (nSPS) is 12.7. The van der Waals surface area contributed by atoms with E-state index in [4.69, 9.17) is 0 Å². The lowest BCUT2D eigenvalue weighted by Crippen LogP contribution is -2.28. The van der Waals surface area contributed by atoms with Crippen LogP contribution in [0.25, 0.3) is 10.8 Å². The summed E-state index contributed by atoms with van der Waals surface area (Å²) in [6.07, 6.45) is 0. The zero-order valence-electron chi connectivity index (χ0n) is 12.6. The highest BCUT2D eigenvalue weighted by Gasteiger charge is 2.32. The quantitative estimate of drug-likeness (QED) is 0.850. The molecule has 0 aliphatic rings. The van der Waals surface area contributed by atoms with Gasteiger partial charge in [-0.2, -0.15) is 0 Å². The molecule has 4 heteroatoms. The van der Waals surface area contributed by atoms with Crippen molar-refractivity contribution in [1.82, 2.24) is 0 Å². The molecule has 0 saturated heterocycles. The molecule has 108 valence electrons. The van der Waals surface area contributed by atoms with E-state index >= 15 is 0 Å². The Labute approximate surface area is 121 Å². The molecule has 2 aromatic rings. The summed E-state index contributed by atoms with van der Waals surface area (Å²) in [6, 6.07) is 11.2. The van der Waals surface area contributed by atoms with Crippen LogP contribution in [0.2, 0.25) is 0 Å². The lowest BCUT2D eigenvalue weighted by molar-refractivity contribution is 0.561. The molecule has 0 bridgehead atoms. The molecule has 20 heavy (non-hydrogen) atoms. The molecule has 0 radical (unpaired) electrons. The average molecular weight is 291 g/mol. The van der Waals surface area contributed by atoms with Gasteiger partial charge in [-0.3, -0.25) is 0 Å². The van der Waals surface area contributed by atoms with E-state index in [-0.39, 0.29) is 0 Å².